The van der Waals surface area contributed by atoms with E-state index in [0.717, 1.165) is 0 Å². The molecule has 0 spiro atoms. The van der Waals surface area contributed by atoms with E-state index in [1.807, 2.05) is 19.0 Å². The summed E-state index contributed by atoms with van der Waals surface area (Å²) in [6, 6.07) is 0.00316. The molecule has 2 N–H and O–H groups in total. The molecule has 84 valence electrons. The number of nitrogens with zero attached hydrogens (tertiary/aromatic N) is 3. The van der Waals surface area contributed by atoms with Gasteiger partial charge in [-0.3, -0.25) is 0 Å². The van der Waals surface area contributed by atoms with E-state index >= 15 is 0 Å². The van der Waals surface area contributed by atoms with Crippen molar-refractivity contribution < 1.29 is 9.63 Å². The lowest BCUT2D eigenvalue weighted by atomic mass is 10.2. The molecule has 15 heavy (non-hydrogen) atoms. The minimum atomic E-state index is -0.306. The molecule has 1 aliphatic rings. The van der Waals surface area contributed by atoms with Crippen LogP contribution in [0.3, 0.4) is 0 Å². The van der Waals surface area contributed by atoms with Crippen LogP contribution in [-0.4, -0.2) is 46.9 Å². The largest absolute Gasteiger partial charge is 0.392 e. The summed E-state index contributed by atoms with van der Waals surface area (Å²) >= 11 is 0. The van der Waals surface area contributed by atoms with Crippen molar-refractivity contribution in [3.05, 3.63) is 11.7 Å². The summed E-state index contributed by atoms with van der Waals surface area (Å²) in [5.41, 5.74) is 0. The van der Waals surface area contributed by atoms with Gasteiger partial charge in [-0.25, -0.2) is 0 Å². The number of aliphatic hydroxyl groups excluding tert-OH is 1. The minimum Gasteiger partial charge on any atom is -0.392 e. The van der Waals surface area contributed by atoms with Crippen molar-refractivity contribution in [3.63, 3.8) is 0 Å². The van der Waals surface area contributed by atoms with Gasteiger partial charge < -0.3 is 19.8 Å². The van der Waals surface area contributed by atoms with Gasteiger partial charge >= 0.3 is 0 Å². The number of hydrogen-bond acceptors (Lipinski definition) is 6. The Morgan fingerprint density at radius 3 is 3.00 bits per heavy atom. The van der Waals surface area contributed by atoms with Crippen LogP contribution in [0.25, 0.3) is 0 Å². The Balaban J connectivity index is 2.00. The smallest absolute Gasteiger partial charge is 0.243 e. The Hall–Kier alpha value is -0.980. The first-order valence-corrected chi connectivity index (χ1v) is 5.04. The molecule has 0 aliphatic carbocycles. The van der Waals surface area contributed by atoms with E-state index in [9.17, 15) is 5.11 Å². The number of rotatable bonds is 3. The van der Waals surface area contributed by atoms with Crippen LogP contribution >= 0.6 is 0 Å². The molecule has 6 heteroatoms. The summed E-state index contributed by atoms with van der Waals surface area (Å²) < 4.78 is 5.14. The Kier molecular flexibility index (Phi) is 2.99. The third-order valence-corrected chi connectivity index (χ3v) is 2.35. The van der Waals surface area contributed by atoms with Crippen LogP contribution in [0.5, 0.6) is 0 Å². The van der Waals surface area contributed by atoms with E-state index in [2.05, 4.69) is 15.5 Å². The molecule has 2 rings (SSSR count). The van der Waals surface area contributed by atoms with Gasteiger partial charge in [0.1, 0.15) is 0 Å². The predicted octanol–water partition coefficient (Wildman–Crippen LogP) is -0.474. The normalized spacial score (nSPS) is 26.4. The molecule has 0 radical (unpaired) electrons. The highest BCUT2D eigenvalue weighted by molar-refractivity contribution is 4.97. The zero-order chi connectivity index (χ0) is 10.8. The van der Waals surface area contributed by atoms with Crippen LogP contribution < -0.4 is 5.32 Å². The Morgan fingerprint density at radius 1 is 1.60 bits per heavy atom. The van der Waals surface area contributed by atoms with E-state index in [0.29, 0.717) is 31.2 Å². The zero-order valence-electron chi connectivity index (χ0n) is 8.97. The molecule has 2 heterocycles. The van der Waals surface area contributed by atoms with Crippen molar-refractivity contribution in [2.75, 3.05) is 20.6 Å². The lowest BCUT2D eigenvalue weighted by Crippen LogP contribution is -2.15. The quantitative estimate of drug-likeness (QED) is 0.705. The first kappa shape index (κ1) is 10.5. The third kappa shape index (κ3) is 2.53. The number of hydrogen-bond donors (Lipinski definition) is 2. The van der Waals surface area contributed by atoms with Crippen LogP contribution in [0, 0.1) is 0 Å². The fraction of sp³-hybridized carbons (Fsp3) is 0.778. The van der Waals surface area contributed by atoms with Crippen molar-refractivity contribution in [1.29, 1.82) is 0 Å². The van der Waals surface area contributed by atoms with Gasteiger partial charge in [0.2, 0.25) is 5.89 Å². The second kappa shape index (κ2) is 4.26. The maximum absolute atomic E-state index is 9.35. The summed E-state index contributed by atoms with van der Waals surface area (Å²) in [6.45, 7) is 1.26. The van der Waals surface area contributed by atoms with Gasteiger partial charge in [-0.1, -0.05) is 5.16 Å². The van der Waals surface area contributed by atoms with E-state index < -0.39 is 0 Å². The fourth-order valence-electron chi connectivity index (χ4n) is 1.66. The number of β-amino-alcohol motifs (C(OH)–C–C–N with tert-alkyl or cyclic N) is 1. The number of aliphatic hydroxyl groups is 1. The van der Waals surface area contributed by atoms with Crippen LogP contribution in [-0.2, 0) is 6.54 Å². The molecule has 2 atom stereocenters. The molecule has 1 saturated heterocycles. The lowest BCUT2D eigenvalue weighted by Gasteiger charge is -2.04. The van der Waals surface area contributed by atoms with Gasteiger partial charge in [-0.2, -0.15) is 4.98 Å². The Morgan fingerprint density at radius 2 is 2.40 bits per heavy atom. The van der Waals surface area contributed by atoms with Crippen LogP contribution in [0.1, 0.15) is 24.2 Å². The van der Waals surface area contributed by atoms with Crippen LogP contribution in [0.15, 0.2) is 4.52 Å². The first-order valence-electron chi connectivity index (χ1n) is 5.04. The number of nitrogens with one attached hydrogen (secondary N) is 1. The molecule has 1 aromatic heterocycles. The third-order valence-electron chi connectivity index (χ3n) is 2.35. The average molecular weight is 212 g/mol. The molecule has 0 amide bonds. The summed E-state index contributed by atoms with van der Waals surface area (Å²) in [6.07, 6.45) is 0.336. The van der Waals surface area contributed by atoms with Crippen molar-refractivity contribution >= 4 is 0 Å². The molecule has 0 unspecified atom stereocenters. The van der Waals surface area contributed by atoms with Crippen molar-refractivity contribution in [3.8, 4) is 0 Å². The maximum Gasteiger partial charge on any atom is 0.243 e. The molecule has 0 bridgehead atoms. The van der Waals surface area contributed by atoms with Gasteiger partial charge in [0.05, 0.1) is 18.7 Å². The van der Waals surface area contributed by atoms with Gasteiger partial charge in [-0.05, 0) is 20.5 Å². The molecular weight excluding hydrogens is 196 g/mol. The van der Waals surface area contributed by atoms with Crippen molar-refractivity contribution in [1.82, 2.24) is 20.4 Å². The Bertz CT molecular complexity index is 326. The summed E-state index contributed by atoms with van der Waals surface area (Å²) in [4.78, 5) is 6.25. The topological polar surface area (TPSA) is 74.4 Å². The maximum atomic E-state index is 9.35. The molecule has 1 aliphatic heterocycles. The standard InChI is InChI=1S/C9H16N4O2/c1-13(2)5-8-11-9(15-12-8)7-3-6(14)4-10-7/h6-7,10,14H,3-5H2,1-2H3/t6-,7-/m1/s1. The molecule has 1 fully saturated rings. The average Bonchev–Trinajstić information content (AvgIpc) is 2.72. The summed E-state index contributed by atoms with van der Waals surface area (Å²) in [5, 5.41) is 16.4. The molecular formula is C9H16N4O2. The van der Waals surface area contributed by atoms with Gasteiger partial charge in [0.15, 0.2) is 5.82 Å². The van der Waals surface area contributed by atoms with E-state index in [4.69, 9.17) is 4.52 Å². The molecule has 0 aromatic carbocycles. The summed E-state index contributed by atoms with van der Waals surface area (Å²) in [7, 11) is 3.90. The molecule has 1 aromatic rings. The predicted molar refractivity (Wildman–Crippen MR) is 53.1 cm³/mol. The summed E-state index contributed by atoms with van der Waals surface area (Å²) in [5.74, 6) is 1.25. The second-order valence-electron chi connectivity index (χ2n) is 4.14. The van der Waals surface area contributed by atoms with Crippen molar-refractivity contribution in [2.45, 2.75) is 25.1 Å². The minimum absolute atomic E-state index is 0.00316. The highest BCUT2D eigenvalue weighted by Crippen LogP contribution is 2.21. The molecule has 0 saturated carbocycles. The first-order chi connectivity index (χ1) is 7.15. The monoisotopic (exact) mass is 212 g/mol. The second-order valence-corrected chi connectivity index (χ2v) is 4.14. The fourth-order valence-corrected chi connectivity index (χ4v) is 1.66. The number of aromatic nitrogens is 2. The van der Waals surface area contributed by atoms with E-state index in [1.54, 1.807) is 0 Å². The van der Waals surface area contributed by atoms with Crippen LogP contribution in [0.2, 0.25) is 0 Å². The van der Waals surface area contributed by atoms with Crippen molar-refractivity contribution in [2.24, 2.45) is 0 Å². The van der Waals surface area contributed by atoms with E-state index in [-0.39, 0.29) is 12.1 Å². The van der Waals surface area contributed by atoms with E-state index in [1.165, 1.54) is 0 Å². The highest BCUT2D eigenvalue weighted by atomic mass is 16.5. The van der Waals surface area contributed by atoms with Crippen LogP contribution in [0.4, 0.5) is 0 Å². The van der Waals surface area contributed by atoms with Gasteiger partial charge in [-0.15, -0.1) is 0 Å². The van der Waals surface area contributed by atoms with Gasteiger partial charge in [0.25, 0.3) is 0 Å². The highest BCUT2D eigenvalue weighted by Gasteiger charge is 2.27. The Labute approximate surface area is 88.3 Å². The zero-order valence-corrected chi connectivity index (χ0v) is 8.97. The SMILES string of the molecule is CN(C)Cc1noc([C@H]2C[C@@H](O)CN2)n1. The molecule has 6 nitrogen and oxygen atoms in total. The van der Waals surface area contributed by atoms with Gasteiger partial charge in [0, 0.05) is 6.54 Å². The lowest BCUT2D eigenvalue weighted by molar-refractivity contribution is 0.191.